The van der Waals surface area contributed by atoms with Crippen molar-refractivity contribution in [2.24, 2.45) is 0 Å². The van der Waals surface area contributed by atoms with Gasteiger partial charge in [0.2, 0.25) is 0 Å². The summed E-state index contributed by atoms with van der Waals surface area (Å²) in [6.45, 7) is 0.942. The van der Waals surface area contributed by atoms with Gasteiger partial charge in [0.05, 0.1) is 23.4 Å². The molecule has 3 rings (SSSR count). The summed E-state index contributed by atoms with van der Waals surface area (Å²) in [4.78, 5) is 0. The molecule has 2 fully saturated rings. The molecule has 2 aliphatic rings. The van der Waals surface area contributed by atoms with E-state index >= 15 is 0 Å². The standard InChI is InChI=1S/C17H24O4S2/c18-7-6-16(19)13-17(22-8-9-23-17)10-15(21-16)12-20-11-14-4-2-1-3-5-14/h1-5,15,18-19H,6-13H2/t15-,16?/m1/s1. The van der Waals surface area contributed by atoms with Crippen LogP contribution in [0, 0.1) is 0 Å². The summed E-state index contributed by atoms with van der Waals surface area (Å²) in [5, 5.41) is 20.0. The van der Waals surface area contributed by atoms with E-state index in [2.05, 4.69) is 0 Å². The fourth-order valence-corrected chi connectivity index (χ4v) is 6.75. The molecule has 2 saturated heterocycles. The van der Waals surface area contributed by atoms with Crippen molar-refractivity contribution in [2.75, 3.05) is 24.7 Å². The molecule has 2 N–H and O–H groups in total. The lowest BCUT2D eigenvalue weighted by atomic mass is 9.98. The van der Waals surface area contributed by atoms with Crippen LogP contribution in [-0.2, 0) is 16.1 Å². The third-order valence-electron chi connectivity index (χ3n) is 4.20. The molecular weight excluding hydrogens is 332 g/mol. The van der Waals surface area contributed by atoms with E-state index in [9.17, 15) is 10.2 Å². The van der Waals surface area contributed by atoms with Gasteiger partial charge >= 0.3 is 0 Å². The molecule has 0 aliphatic carbocycles. The Morgan fingerprint density at radius 3 is 2.65 bits per heavy atom. The Morgan fingerprint density at radius 2 is 1.96 bits per heavy atom. The summed E-state index contributed by atoms with van der Waals surface area (Å²) in [5.74, 6) is 0.979. The maximum atomic E-state index is 10.7. The van der Waals surface area contributed by atoms with Crippen molar-refractivity contribution in [2.45, 2.75) is 41.8 Å². The minimum Gasteiger partial charge on any atom is -0.396 e. The number of benzene rings is 1. The van der Waals surface area contributed by atoms with Crippen LogP contribution >= 0.6 is 23.5 Å². The lowest BCUT2D eigenvalue weighted by molar-refractivity contribution is -0.267. The number of rotatable bonds is 6. The molecule has 1 unspecified atom stereocenters. The number of ether oxygens (including phenoxy) is 2. The van der Waals surface area contributed by atoms with Crippen molar-refractivity contribution >= 4 is 23.5 Å². The minimum atomic E-state index is -1.24. The van der Waals surface area contributed by atoms with Gasteiger partial charge in [-0.25, -0.2) is 0 Å². The topological polar surface area (TPSA) is 58.9 Å². The van der Waals surface area contributed by atoms with Gasteiger partial charge in [-0.1, -0.05) is 30.3 Å². The molecule has 0 saturated carbocycles. The zero-order valence-electron chi connectivity index (χ0n) is 13.1. The summed E-state index contributed by atoms with van der Waals surface area (Å²) in [6, 6.07) is 10.1. The molecule has 2 heterocycles. The van der Waals surface area contributed by atoms with Gasteiger partial charge < -0.3 is 19.7 Å². The Bertz CT molecular complexity index is 493. The summed E-state index contributed by atoms with van der Waals surface area (Å²) < 4.78 is 11.7. The average Bonchev–Trinajstić information content (AvgIpc) is 2.95. The van der Waals surface area contributed by atoms with Gasteiger partial charge in [-0.05, 0) is 12.0 Å². The van der Waals surface area contributed by atoms with Crippen molar-refractivity contribution in [1.29, 1.82) is 0 Å². The highest BCUT2D eigenvalue weighted by Crippen LogP contribution is 2.55. The Morgan fingerprint density at radius 1 is 1.22 bits per heavy atom. The second-order valence-corrected chi connectivity index (χ2v) is 9.36. The SMILES string of the molecule is OCCC1(O)CC2(C[C@H](COCc3ccccc3)O1)SCCS2. The predicted molar refractivity (Wildman–Crippen MR) is 94.5 cm³/mol. The van der Waals surface area contributed by atoms with Gasteiger partial charge in [0.1, 0.15) is 0 Å². The fraction of sp³-hybridized carbons (Fsp3) is 0.647. The van der Waals surface area contributed by atoms with E-state index < -0.39 is 5.79 Å². The number of aliphatic hydroxyl groups is 2. The van der Waals surface area contributed by atoms with E-state index in [1.807, 2.05) is 53.9 Å². The molecule has 0 amide bonds. The summed E-state index contributed by atoms with van der Waals surface area (Å²) >= 11 is 3.83. The maximum absolute atomic E-state index is 10.7. The molecule has 0 aromatic heterocycles. The van der Waals surface area contributed by atoms with Gasteiger partial charge in [0.25, 0.3) is 0 Å². The first kappa shape index (κ1) is 17.6. The second-order valence-electron chi connectivity index (χ2n) is 6.15. The first-order valence-corrected chi connectivity index (χ1v) is 10.0. The number of hydrogen-bond donors (Lipinski definition) is 2. The van der Waals surface area contributed by atoms with Crippen molar-refractivity contribution in [3.8, 4) is 0 Å². The van der Waals surface area contributed by atoms with E-state index in [1.54, 1.807) is 0 Å². The Balaban J connectivity index is 1.59. The van der Waals surface area contributed by atoms with Gasteiger partial charge in [-0.2, -0.15) is 0 Å². The minimum absolute atomic E-state index is 0.00292. The van der Waals surface area contributed by atoms with Crippen LogP contribution in [0.2, 0.25) is 0 Å². The highest BCUT2D eigenvalue weighted by molar-refractivity contribution is 8.21. The van der Waals surface area contributed by atoms with Crippen LogP contribution in [-0.4, -0.2) is 50.9 Å². The van der Waals surface area contributed by atoms with E-state index in [1.165, 1.54) is 0 Å². The monoisotopic (exact) mass is 356 g/mol. The quantitative estimate of drug-likeness (QED) is 0.817. The molecule has 23 heavy (non-hydrogen) atoms. The first-order valence-electron chi connectivity index (χ1n) is 8.04. The molecule has 1 aromatic rings. The molecule has 2 atom stereocenters. The second kappa shape index (κ2) is 7.76. The molecule has 2 aliphatic heterocycles. The molecular formula is C17H24O4S2. The van der Waals surface area contributed by atoms with Crippen molar-refractivity contribution in [3.05, 3.63) is 35.9 Å². The molecule has 1 aromatic carbocycles. The molecule has 0 bridgehead atoms. The molecule has 4 nitrogen and oxygen atoms in total. The van der Waals surface area contributed by atoms with Crippen LogP contribution in [0.3, 0.4) is 0 Å². The Labute approximate surface area is 145 Å². The Hall–Kier alpha value is -0.240. The van der Waals surface area contributed by atoms with Crippen molar-refractivity contribution in [3.63, 3.8) is 0 Å². The number of thioether (sulfide) groups is 2. The zero-order valence-corrected chi connectivity index (χ0v) is 14.8. The van der Waals surface area contributed by atoms with E-state index in [4.69, 9.17) is 9.47 Å². The largest absolute Gasteiger partial charge is 0.396 e. The molecule has 6 heteroatoms. The fourth-order valence-electron chi connectivity index (χ4n) is 3.25. The summed E-state index contributed by atoms with van der Waals surface area (Å²) in [5.41, 5.74) is 1.13. The summed E-state index contributed by atoms with van der Waals surface area (Å²) in [7, 11) is 0. The van der Waals surface area contributed by atoms with Crippen LogP contribution in [0.5, 0.6) is 0 Å². The van der Waals surface area contributed by atoms with E-state index in [0.717, 1.165) is 23.5 Å². The van der Waals surface area contributed by atoms with Gasteiger partial charge in [0.15, 0.2) is 5.79 Å². The van der Waals surface area contributed by atoms with Crippen molar-refractivity contribution < 1.29 is 19.7 Å². The van der Waals surface area contributed by atoms with Crippen LogP contribution in [0.25, 0.3) is 0 Å². The predicted octanol–water partition coefficient (Wildman–Crippen LogP) is 2.63. The average molecular weight is 357 g/mol. The third kappa shape index (κ3) is 4.65. The molecule has 1 spiro atoms. The van der Waals surface area contributed by atoms with E-state index in [-0.39, 0.29) is 23.2 Å². The molecule has 128 valence electrons. The van der Waals surface area contributed by atoms with Crippen LogP contribution in [0.4, 0.5) is 0 Å². The van der Waals surface area contributed by atoms with Crippen LogP contribution in [0.15, 0.2) is 30.3 Å². The van der Waals surface area contributed by atoms with E-state index in [0.29, 0.717) is 19.6 Å². The highest BCUT2D eigenvalue weighted by atomic mass is 32.2. The highest BCUT2D eigenvalue weighted by Gasteiger charge is 2.50. The number of aliphatic hydroxyl groups excluding tert-OH is 1. The lowest BCUT2D eigenvalue weighted by Gasteiger charge is -2.45. The van der Waals surface area contributed by atoms with Gasteiger partial charge in [-0.15, -0.1) is 23.5 Å². The normalized spacial score (nSPS) is 29.9. The van der Waals surface area contributed by atoms with Gasteiger partial charge in [-0.3, -0.25) is 0 Å². The smallest absolute Gasteiger partial charge is 0.170 e. The van der Waals surface area contributed by atoms with Crippen LogP contribution < -0.4 is 0 Å². The van der Waals surface area contributed by atoms with Gasteiger partial charge in [0, 0.05) is 31.0 Å². The maximum Gasteiger partial charge on any atom is 0.170 e. The number of hydrogen-bond acceptors (Lipinski definition) is 6. The summed E-state index contributed by atoms with van der Waals surface area (Å²) in [6.07, 6.45) is 1.57. The lowest BCUT2D eigenvalue weighted by Crippen LogP contribution is -2.51. The zero-order chi connectivity index (χ0) is 16.2. The molecule has 0 radical (unpaired) electrons. The first-order chi connectivity index (χ1) is 11.1. The third-order valence-corrected chi connectivity index (χ3v) is 7.66. The van der Waals surface area contributed by atoms with Crippen LogP contribution in [0.1, 0.15) is 24.8 Å². The van der Waals surface area contributed by atoms with Crippen molar-refractivity contribution in [1.82, 2.24) is 0 Å². The Kier molecular flexibility index (Phi) is 5.93.